The molecule has 116 valence electrons. The predicted molar refractivity (Wildman–Crippen MR) is 82.3 cm³/mol. The van der Waals surface area contributed by atoms with Crippen molar-refractivity contribution >= 4 is 0 Å². The normalized spacial score (nSPS) is 17.4. The highest BCUT2D eigenvalue weighted by Crippen LogP contribution is 2.38. The summed E-state index contributed by atoms with van der Waals surface area (Å²) in [6, 6.07) is 6.44. The molecule has 0 aliphatic heterocycles. The first-order valence-corrected chi connectivity index (χ1v) is 7.83. The van der Waals surface area contributed by atoms with Gasteiger partial charge in [-0.2, -0.15) is 13.8 Å². The zero-order chi connectivity index (χ0) is 15.6. The molecule has 4 heteroatoms. The molecule has 2 aromatic heterocycles. The minimum Gasteiger partial charge on any atom is -0.256 e. The van der Waals surface area contributed by atoms with Crippen molar-refractivity contribution in [2.24, 2.45) is 5.41 Å². The first kappa shape index (κ1) is 15.1. The quantitative estimate of drug-likeness (QED) is 0.751. The molecule has 2 aromatic rings. The monoisotopic (exact) mass is 302 g/mol. The van der Waals surface area contributed by atoms with Gasteiger partial charge in [0, 0.05) is 6.20 Å². The van der Waals surface area contributed by atoms with Gasteiger partial charge in [0.1, 0.15) is 0 Å². The van der Waals surface area contributed by atoms with Gasteiger partial charge in [-0.3, -0.25) is 4.98 Å². The van der Waals surface area contributed by atoms with Crippen LogP contribution in [0, 0.1) is 17.3 Å². The molecule has 22 heavy (non-hydrogen) atoms. The molecule has 0 radical (unpaired) electrons. The van der Waals surface area contributed by atoms with Crippen LogP contribution in [0.3, 0.4) is 0 Å². The van der Waals surface area contributed by atoms with Gasteiger partial charge in [0.05, 0.1) is 11.3 Å². The molecule has 1 aliphatic rings. The van der Waals surface area contributed by atoms with E-state index in [0.29, 0.717) is 11.1 Å². The SMILES string of the molecule is CC1(Cc2ccnc(-c3ccc(F)nc3F)c2)CCCCC1. The maximum Gasteiger partial charge on any atom is 0.224 e. The van der Waals surface area contributed by atoms with Gasteiger partial charge in [-0.25, -0.2) is 0 Å². The Morgan fingerprint density at radius 2 is 1.86 bits per heavy atom. The van der Waals surface area contributed by atoms with E-state index in [1.807, 2.05) is 12.1 Å². The Bertz CT molecular complexity index is 664. The van der Waals surface area contributed by atoms with Crippen LogP contribution >= 0.6 is 0 Å². The van der Waals surface area contributed by atoms with Crippen LogP contribution in [-0.4, -0.2) is 9.97 Å². The van der Waals surface area contributed by atoms with Crippen molar-refractivity contribution in [1.82, 2.24) is 9.97 Å². The van der Waals surface area contributed by atoms with Crippen molar-refractivity contribution < 1.29 is 8.78 Å². The van der Waals surface area contributed by atoms with E-state index in [2.05, 4.69) is 16.9 Å². The van der Waals surface area contributed by atoms with Crippen LogP contribution in [0.15, 0.2) is 30.5 Å². The van der Waals surface area contributed by atoms with E-state index in [1.54, 1.807) is 6.20 Å². The molecule has 2 nitrogen and oxygen atoms in total. The minimum absolute atomic E-state index is 0.247. The molecule has 0 saturated heterocycles. The summed E-state index contributed by atoms with van der Waals surface area (Å²) >= 11 is 0. The highest BCUT2D eigenvalue weighted by Gasteiger charge is 2.27. The highest BCUT2D eigenvalue weighted by atomic mass is 19.1. The fourth-order valence-corrected chi connectivity index (χ4v) is 3.41. The second-order valence-electron chi connectivity index (χ2n) is 6.57. The summed E-state index contributed by atoms with van der Waals surface area (Å²) in [6.07, 6.45) is 9.02. The molecule has 1 saturated carbocycles. The average Bonchev–Trinajstić information content (AvgIpc) is 2.47. The lowest BCUT2D eigenvalue weighted by Crippen LogP contribution is -2.22. The van der Waals surface area contributed by atoms with E-state index < -0.39 is 11.9 Å². The summed E-state index contributed by atoms with van der Waals surface area (Å²) in [6.45, 7) is 2.33. The fraction of sp³-hybridized carbons (Fsp3) is 0.444. The van der Waals surface area contributed by atoms with Gasteiger partial charge in [-0.05, 0) is 54.5 Å². The highest BCUT2D eigenvalue weighted by molar-refractivity contribution is 5.59. The number of aromatic nitrogens is 2. The minimum atomic E-state index is -0.813. The van der Waals surface area contributed by atoms with E-state index in [-0.39, 0.29) is 5.56 Å². The first-order valence-electron chi connectivity index (χ1n) is 7.83. The van der Waals surface area contributed by atoms with Crippen molar-refractivity contribution in [2.45, 2.75) is 45.4 Å². The molecule has 0 amide bonds. The van der Waals surface area contributed by atoms with Crippen LogP contribution in [0.2, 0.25) is 0 Å². The van der Waals surface area contributed by atoms with Crippen molar-refractivity contribution in [3.63, 3.8) is 0 Å². The van der Waals surface area contributed by atoms with Gasteiger partial charge >= 0.3 is 0 Å². The molecular formula is C18H20F2N2. The van der Waals surface area contributed by atoms with Crippen LogP contribution in [0.25, 0.3) is 11.3 Å². The number of hydrogen-bond acceptors (Lipinski definition) is 2. The number of hydrogen-bond donors (Lipinski definition) is 0. The van der Waals surface area contributed by atoms with E-state index in [4.69, 9.17) is 0 Å². The Kier molecular flexibility index (Phi) is 4.19. The van der Waals surface area contributed by atoms with Gasteiger partial charge in [0.2, 0.25) is 11.9 Å². The maximum absolute atomic E-state index is 13.8. The molecule has 0 atom stereocenters. The lowest BCUT2D eigenvalue weighted by Gasteiger charge is -2.33. The molecule has 3 rings (SSSR count). The van der Waals surface area contributed by atoms with Crippen LogP contribution in [0.5, 0.6) is 0 Å². The zero-order valence-corrected chi connectivity index (χ0v) is 12.8. The van der Waals surface area contributed by atoms with Gasteiger partial charge in [0.15, 0.2) is 0 Å². The lowest BCUT2D eigenvalue weighted by atomic mass is 9.72. The molecule has 0 spiro atoms. The average molecular weight is 302 g/mol. The summed E-state index contributed by atoms with van der Waals surface area (Å²) in [4.78, 5) is 7.45. The fourth-order valence-electron chi connectivity index (χ4n) is 3.41. The van der Waals surface area contributed by atoms with Crippen LogP contribution < -0.4 is 0 Å². The Balaban J connectivity index is 1.86. The van der Waals surface area contributed by atoms with Crippen LogP contribution in [-0.2, 0) is 6.42 Å². The second kappa shape index (κ2) is 6.11. The standard InChI is InChI=1S/C18H20F2N2/c1-18(8-3-2-4-9-18)12-13-7-10-21-15(11-13)14-5-6-16(19)22-17(14)20/h5-7,10-11H,2-4,8-9,12H2,1H3. The van der Waals surface area contributed by atoms with Crippen molar-refractivity contribution in [3.8, 4) is 11.3 Å². The largest absolute Gasteiger partial charge is 0.256 e. The topological polar surface area (TPSA) is 25.8 Å². The van der Waals surface area contributed by atoms with Crippen LogP contribution in [0.1, 0.15) is 44.6 Å². The number of pyridine rings is 2. The lowest BCUT2D eigenvalue weighted by molar-refractivity contribution is 0.215. The third kappa shape index (κ3) is 3.32. The van der Waals surface area contributed by atoms with Gasteiger partial charge in [-0.15, -0.1) is 0 Å². The summed E-state index contributed by atoms with van der Waals surface area (Å²) in [5, 5.41) is 0. The molecule has 1 fully saturated rings. The van der Waals surface area contributed by atoms with Crippen molar-refractivity contribution in [3.05, 3.63) is 47.9 Å². The van der Waals surface area contributed by atoms with Gasteiger partial charge in [0.25, 0.3) is 0 Å². The summed E-state index contributed by atoms with van der Waals surface area (Å²) in [5.41, 5.74) is 2.23. The van der Waals surface area contributed by atoms with E-state index >= 15 is 0 Å². The van der Waals surface area contributed by atoms with Crippen LogP contribution in [0.4, 0.5) is 8.78 Å². The summed E-state index contributed by atoms with van der Waals surface area (Å²) in [5.74, 6) is -1.62. The third-order valence-electron chi connectivity index (χ3n) is 4.61. The number of rotatable bonds is 3. The molecule has 0 aromatic carbocycles. The third-order valence-corrected chi connectivity index (χ3v) is 4.61. The first-order chi connectivity index (χ1) is 10.6. The van der Waals surface area contributed by atoms with Crippen molar-refractivity contribution in [1.29, 1.82) is 0 Å². The van der Waals surface area contributed by atoms with E-state index in [0.717, 1.165) is 18.1 Å². The maximum atomic E-state index is 13.8. The van der Waals surface area contributed by atoms with Gasteiger partial charge < -0.3 is 0 Å². The zero-order valence-electron chi connectivity index (χ0n) is 12.8. The molecule has 0 unspecified atom stereocenters. The van der Waals surface area contributed by atoms with E-state index in [1.165, 1.54) is 38.2 Å². The Labute approximate surface area is 129 Å². The van der Waals surface area contributed by atoms with Gasteiger partial charge in [-0.1, -0.05) is 26.2 Å². The van der Waals surface area contributed by atoms with E-state index in [9.17, 15) is 8.78 Å². The molecule has 0 bridgehead atoms. The van der Waals surface area contributed by atoms with Crippen molar-refractivity contribution in [2.75, 3.05) is 0 Å². The summed E-state index contributed by atoms with van der Waals surface area (Å²) in [7, 11) is 0. The predicted octanol–water partition coefficient (Wildman–Crippen LogP) is 4.93. The Morgan fingerprint density at radius 3 is 2.59 bits per heavy atom. The second-order valence-corrected chi connectivity index (χ2v) is 6.57. The Hall–Kier alpha value is -1.84. The Morgan fingerprint density at radius 1 is 1.09 bits per heavy atom. The molecular weight excluding hydrogens is 282 g/mol. The number of halogens is 2. The number of nitrogens with zero attached hydrogens (tertiary/aromatic N) is 2. The summed E-state index contributed by atoms with van der Waals surface area (Å²) < 4.78 is 26.7. The molecule has 1 aliphatic carbocycles. The molecule has 2 heterocycles. The molecule has 0 N–H and O–H groups in total. The smallest absolute Gasteiger partial charge is 0.224 e.